The van der Waals surface area contributed by atoms with Gasteiger partial charge < -0.3 is 15.9 Å². The Hall–Kier alpha value is -1.48. The fourth-order valence-electron chi connectivity index (χ4n) is 2.53. The number of sulfonamides is 1. The van der Waals surface area contributed by atoms with Crippen molar-refractivity contribution in [3.63, 3.8) is 0 Å². The predicted molar refractivity (Wildman–Crippen MR) is 96.2 cm³/mol. The molecule has 0 saturated heterocycles. The molecule has 0 bridgehead atoms. The number of rotatable bonds is 11. The van der Waals surface area contributed by atoms with E-state index in [-0.39, 0.29) is 19.3 Å². The lowest BCUT2D eigenvalue weighted by Gasteiger charge is -2.24. The molecule has 7 nitrogen and oxygen atoms in total. The van der Waals surface area contributed by atoms with Gasteiger partial charge in [-0.2, -0.15) is 0 Å². The summed E-state index contributed by atoms with van der Waals surface area (Å²) >= 11 is 0. The van der Waals surface area contributed by atoms with Gasteiger partial charge >= 0.3 is 0 Å². The van der Waals surface area contributed by atoms with Crippen molar-refractivity contribution in [2.45, 2.75) is 56.0 Å². The molecule has 142 valence electrons. The number of hydrogen-bond donors (Lipinski definition) is 4. The molecular formula is C17H28N2O5S. The highest BCUT2D eigenvalue weighted by Gasteiger charge is 2.33. The maximum atomic E-state index is 12.2. The minimum atomic E-state index is -3.66. The van der Waals surface area contributed by atoms with Crippen LogP contribution in [-0.4, -0.2) is 48.5 Å². The first-order valence-electron chi connectivity index (χ1n) is 8.25. The molecule has 0 fully saturated rings. The third-order valence-corrected chi connectivity index (χ3v) is 6.23. The summed E-state index contributed by atoms with van der Waals surface area (Å²) in [5.41, 5.74) is 4.39. The summed E-state index contributed by atoms with van der Waals surface area (Å²) < 4.78 is 26.6. The zero-order chi connectivity index (χ0) is 19.1. The van der Waals surface area contributed by atoms with Crippen molar-refractivity contribution in [2.24, 2.45) is 5.73 Å². The van der Waals surface area contributed by atoms with E-state index in [1.54, 1.807) is 0 Å². The van der Waals surface area contributed by atoms with Crippen molar-refractivity contribution in [1.82, 2.24) is 4.72 Å². The molecule has 0 aromatic heterocycles. The zero-order valence-corrected chi connectivity index (χ0v) is 15.5. The number of carbonyl (C=O) groups excluding carboxylic acids is 1. The molecule has 1 rings (SSSR count). The van der Waals surface area contributed by atoms with Crippen LogP contribution in [0.15, 0.2) is 30.3 Å². The summed E-state index contributed by atoms with van der Waals surface area (Å²) in [7, 11) is -2.36. The van der Waals surface area contributed by atoms with E-state index >= 15 is 0 Å². The highest BCUT2D eigenvalue weighted by Crippen LogP contribution is 2.21. The number of aliphatic hydroxyl groups excluding tert-OH is 1. The fraction of sp³-hybridized carbons (Fsp3) is 0.588. The van der Waals surface area contributed by atoms with Crippen LogP contribution in [0, 0.1) is 0 Å². The number of benzene rings is 1. The second-order valence-corrected chi connectivity index (χ2v) is 8.63. The van der Waals surface area contributed by atoms with Crippen LogP contribution in [0.3, 0.4) is 0 Å². The van der Waals surface area contributed by atoms with Gasteiger partial charge in [0.1, 0.15) is 5.60 Å². The Morgan fingerprint density at radius 3 is 2.40 bits per heavy atom. The van der Waals surface area contributed by atoms with Crippen molar-refractivity contribution in [3.05, 3.63) is 35.9 Å². The molecule has 5 N–H and O–H groups in total. The molecule has 1 aromatic carbocycles. The third kappa shape index (κ3) is 7.11. The second kappa shape index (κ2) is 9.28. The van der Waals surface area contributed by atoms with Crippen LogP contribution in [0.25, 0.3) is 0 Å². The number of carbonyl (C=O) groups is 1. The molecule has 8 heteroatoms. The van der Waals surface area contributed by atoms with Gasteiger partial charge in [0.15, 0.2) is 0 Å². The average molecular weight is 372 g/mol. The lowest BCUT2D eigenvalue weighted by Crippen LogP contribution is -2.43. The van der Waals surface area contributed by atoms with E-state index in [1.807, 2.05) is 30.3 Å². The largest absolute Gasteiger partial charge is 0.393 e. The Balaban J connectivity index is 2.68. The molecule has 0 aliphatic carbocycles. The summed E-state index contributed by atoms with van der Waals surface area (Å²) in [4.78, 5) is 11.2. The highest BCUT2D eigenvalue weighted by molar-refractivity contribution is 7.90. The number of nitrogens with one attached hydrogen (secondary N) is 1. The van der Waals surface area contributed by atoms with Gasteiger partial charge in [0.25, 0.3) is 0 Å². The van der Waals surface area contributed by atoms with Gasteiger partial charge in [0.2, 0.25) is 15.9 Å². The van der Waals surface area contributed by atoms with Crippen LogP contribution in [0.5, 0.6) is 0 Å². The maximum Gasteiger partial charge on any atom is 0.249 e. The number of aryl methyl sites for hydroxylation is 1. The van der Waals surface area contributed by atoms with Gasteiger partial charge in [0, 0.05) is 0 Å². The van der Waals surface area contributed by atoms with E-state index in [1.165, 1.54) is 14.0 Å². The number of amides is 1. The molecule has 0 radical (unpaired) electrons. The van der Waals surface area contributed by atoms with Crippen LogP contribution in [0.2, 0.25) is 0 Å². The van der Waals surface area contributed by atoms with Gasteiger partial charge in [-0.1, -0.05) is 30.3 Å². The monoisotopic (exact) mass is 372 g/mol. The van der Waals surface area contributed by atoms with Crippen LogP contribution < -0.4 is 10.5 Å². The van der Waals surface area contributed by atoms with Crippen LogP contribution in [0.4, 0.5) is 0 Å². The lowest BCUT2D eigenvalue weighted by molar-refractivity contribution is -0.135. The van der Waals surface area contributed by atoms with Gasteiger partial charge in [-0.05, 0) is 51.6 Å². The number of nitrogens with two attached hydrogens (primary N) is 1. The van der Waals surface area contributed by atoms with Crippen LogP contribution in [-0.2, 0) is 21.2 Å². The Bertz CT molecular complexity index is 646. The molecule has 3 atom stereocenters. The molecule has 0 spiro atoms. The Morgan fingerprint density at radius 1 is 1.28 bits per heavy atom. The van der Waals surface area contributed by atoms with E-state index in [0.29, 0.717) is 12.8 Å². The number of hydrogen-bond acceptors (Lipinski definition) is 5. The normalized spacial score (nSPS) is 16.8. The molecule has 25 heavy (non-hydrogen) atoms. The smallest absolute Gasteiger partial charge is 0.249 e. The number of primary amides is 1. The van der Waals surface area contributed by atoms with Gasteiger partial charge in [-0.15, -0.1) is 0 Å². The average Bonchev–Trinajstić information content (AvgIpc) is 2.57. The van der Waals surface area contributed by atoms with E-state index < -0.39 is 32.9 Å². The van der Waals surface area contributed by atoms with Crippen molar-refractivity contribution >= 4 is 15.9 Å². The molecule has 0 saturated carbocycles. The summed E-state index contributed by atoms with van der Waals surface area (Å²) in [5, 5.41) is 19.2. The first-order valence-corrected chi connectivity index (χ1v) is 9.79. The molecule has 1 amide bonds. The lowest BCUT2D eigenvalue weighted by atomic mass is 9.95. The summed E-state index contributed by atoms with van der Waals surface area (Å²) in [6.45, 7) is 1.25. The fourth-order valence-corrected chi connectivity index (χ4v) is 3.77. The third-order valence-electron chi connectivity index (χ3n) is 4.35. The summed E-state index contributed by atoms with van der Waals surface area (Å²) in [6.07, 6.45) is 0.178. The standard InChI is InChI=1S/C17H28N2O5S/c1-17(22,16(18)21)11-10-15(25(23,24)19-2)12-14(20)9-8-13-6-4-3-5-7-13/h3-7,14-15,19-20,22H,8-12H2,1-2H3,(H2,18,21)/t14-,15+,17?/m0/s1. The second-order valence-electron chi connectivity index (χ2n) is 6.46. The molecule has 1 unspecified atom stereocenters. The van der Waals surface area contributed by atoms with E-state index in [4.69, 9.17) is 5.73 Å². The Morgan fingerprint density at radius 2 is 1.88 bits per heavy atom. The minimum absolute atomic E-state index is 0.0154. The van der Waals surface area contributed by atoms with Crippen LogP contribution >= 0.6 is 0 Å². The van der Waals surface area contributed by atoms with Crippen LogP contribution in [0.1, 0.15) is 38.2 Å². The molecule has 1 aromatic rings. The van der Waals surface area contributed by atoms with Gasteiger partial charge in [-0.25, -0.2) is 13.1 Å². The minimum Gasteiger partial charge on any atom is -0.393 e. The summed E-state index contributed by atoms with van der Waals surface area (Å²) in [5.74, 6) is -0.905. The molecular weight excluding hydrogens is 344 g/mol. The number of aliphatic hydroxyl groups is 2. The van der Waals surface area contributed by atoms with Crippen molar-refractivity contribution in [1.29, 1.82) is 0 Å². The van der Waals surface area contributed by atoms with Crippen molar-refractivity contribution < 1.29 is 23.4 Å². The van der Waals surface area contributed by atoms with Crippen molar-refractivity contribution in [3.8, 4) is 0 Å². The Labute approximate surface area is 149 Å². The summed E-state index contributed by atoms with van der Waals surface area (Å²) in [6, 6.07) is 9.60. The maximum absolute atomic E-state index is 12.2. The van der Waals surface area contributed by atoms with E-state index in [0.717, 1.165) is 5.56 Å². The van der Waals surface area contributed by atoms with E-state index in [2.05, 4.69) is 4.72 Å². The first-order chi connectivity index (χ1) is 11.6. The molecule has 0 heterocycles. The predicted octanol–water partition coefficient (Wildman–Crippen LogP) is 0.305. The highest BCUT2D eigenvalue weighted by atomic mass is 32.2. The SMILES string of the molecule is CNS(=O)(=O)[C@H](CCC(C)(O)C(N)=O)C[C@@H](O)CCc1ccccc1. The van der Waals surface area contributed by atoms with E-state index in [9.17, 15) is 23.4 Å². The van der Waals surface area contributed by atoms with Crippen molar-refractivity contribution in [2.75, 3.05) is 7.05 Å². The first kappa shape index (κ1) is 21.6. The molecule has 0 aliphatic rings. The van der Waals surface area contributed by atoms with Gasteiger partial charge in [-0.3, -0.25) is 4.79 Å². The zero-order valence-electron chi connectivity index (χ0n) is 14.7. The molecule has 0 aliphatic heterocycles. The Kier molecular flexibility index (Phi) is 8.01. The topological polar surface area (TPSA) is 130 Å². The quantitative estimate of drug-likeness (QED) is 0.444. The van der Waals surface area contributed by atoms with Gasteiger partial charge in [0.05, 0.1) is 11.4 Å².